The molecule has 0 aromatic heterocycles. The van der Waals surface area contributed by atoms with Gasteiger partial charge in [-0.1, -0.05) is 62.2 Å². The molecule has 0 radical (unpaired) electrons. The van der Waals surface area contributed by atoms with Crippen molar-refractivity contribution in [3.05, 3.63) is 69.2 Å². The molecule has 0 aliphatic carbocycles. The van der Waals surface area contributed by atoms with Gasteiger partial charge in [0, 0.05) is 11.1 Å². The van der Waals surface area contributed by atoms with Gasteiger partial charge in [0.05, 0.1) is 10.0 Å². The zero-order valence-electron chi connectivity index (χ0n) is 11.7. The molecule has 0 saturated carbocycles. The first-order valence-corrected chi connectivity index (χ1v) is 7.15. The van der Waals surface area contributed by atoms with Gasteiger partial charge in [0.15, 0.2) is 5.78 Å². The van der Waals surface area contributed by atoms with Crippen LogP contribution in [-0.4, -0.2) is 5.78 Å². The molecule has 0 aliphatic heterocycles. The van der Waals surface area contributed by atoms with Crippen molar-refractivity contribution >= 4 is 29.0 Å². The molecule has 0 atom stereocenters. The van der Waals surface area contributed by atoms with Crippen molar-refractivity contribution in [2.45, 2.75) is 26.2 Å². The molecule has 20 heavy (non-hydrogen) atoms. The SMILES string of the molecule is CC(C)(C)c1cccc(C(=O)c2ccc(Cl)c(Cl)c2)c1. The predicted octanol–water partition coefficient (Wildman–Crippen LogP) is 5.52. The van der Waals surface area contributed by atoms with E-state index in [9.17, 15) is 4.79 Å². The predicted molar refractivity (Wildman–Crippen MR) is 85.0 cm³/mol. The van der Waals surface area contributed by atoms with Crippen LogP contribution in [0.3, 0.4) is 0 Å². The number of benzene rings is 2. The third-order valence-electron chi connectivity index (χ3n) is 3.17. The van der Waals surface area contributed by atoms with Gasteiger partial charge in [0.25, 0.3) is 0 Å². The molecule has 0 saturated heterocycles. The number of halogens is 2. The van der Waals surface area contributed by atoms with Gasteiger partial charge in [-0.05, 0) is 35.2 Å². The quantitative estimate of drug-likeness (QED) is 0.667. The van der Waals surface area contributed by atoms with E-state index in [0.717, 1.165) is 5.56 Å². The van der Waals surface area contributed by atoms with Crippen molar-refractivity contribution in [1.29, 1.82) is 0 Å². The van der Waals surface area contributed by atoms with Gasteiger partial charge in [-0.3, -0.25) is 4.79 Å². The summed E-state index contributed by atoms with van der Waals surface area (Å²) in [5.41, 5.74) is 2.35. The van der Waals surface area contributed by atoms with E-state index >= 15 is 0 Å². The van der Waals surface area contributed by atoms with Crippen LogP contribution in [0.25, 0.3) is 0 Å². The summed E-state index contributed by atoms with van der Waals surface area (Å²) in [6.45, 7) is 6.36. The van der Waals surface area contributed by atoms with E-state index in [4.69, 9.17) is 23.2 Å². The molecular weight excluding hydrogens is 291 g/mol. The summed E-state index contributed by atoms with van der Waals surface area (Å²) in [6, 6.07) is 12.6. The fraction of sp³-hybridized carbons (Fsp3) is 0.235. The third kappa shape index (κ3) is 3.23. The number of ketones is 1. The number of hydrogen-bond donors (Lipinski definition) is 0. The van der Waals surface area contributed by atoms with Crippen LogP contribution in [0.1, 0.15) is 42.3 Å². The second kappa shape index (κ2) is 5.59. The summed E-state index contributed by atoms with van der Waals surface area (Å²) < 4.78 is 0. The summed E-state index contributed by atoms with van der Waals surface area (Å²) in [7, 11) is 0. The lowest BCUT2D eigenvalue weighted by Crippen LogP contribution is -2.12. The van der Waals surface area contributed by atoms with Gasteiger partial charge in [0.2, 0.25) is 0 Å². The molecule has 0 unspecified atom stereocenters. The molecule has 0 heterocycles. The van der Waals surface area contributed by atoms with Gasteiger partial charge < -0.3 is 0 Å². The van der Waals surface area contributed by atoms with Gasteiger partial charge >= 0.3 is 0 Å². The number of hydrogen-bond acceptors (Lipinski definition) is 1. The molecule has 2 aromatic rings. The average Bonchev–Trinajstić information content (AvgIpc) is 2.40. The van der Waals surface area contributed by atoms with Crippen LogP contribution in [0, 0.1) is 0 Å². The smallest absolute Gasteiger partial charge is 0.193 e. The van der Waals surface area contributed by atoms with Crippen LogP contribution in [0.2, 0.25) is 10.0 Å². The Hall–Kier alpha value is -1.31. The van der Waals surface area contributed by atoms with Crippen LogP contribution in [0.15, 0.2) is 42.5 Å². The number of carbonyl (C=O) groups is 1. The monoisotopic (exact) mass is 306 g/mol. The maximum absolute atomic E-state index is 12.5. The van der Waals surface area contributed by atoms with Gasteiger partial charge in [-0.2, -0.15) is 0 Å². The van der Waals surface area contributed by atoms with E-state index in [-0.39, 0.29) is 11.2 Å². The lowest BCUT2D eigenvalue weighted by Gasteiger charge is -2.19. The highest BCUT2D eigenvalue weighted by atomic mass is 35.5. The normalized spacial score (nSPS) is 11.4. The first kappa shape index (κ1) is 15.1. The molecular formula is C17H16Cl2O. The first-order chi connectivity index (χ1) is 9.29. The molecule has 2 aromatic carbocycles. The molecule has 1 nitrogen and oxygen atoms in total. The van der Waals surface area contributed by atoms with E-state index < -0.39 is 0 Å². The van der Waals surface area contributed by atoms with Crippen molar-refractivity contribution in [3.8, 4) is 0 Å². The summed E-state index contributed by atoms with van der Waals surface area (Å²) in [4.78, 5) is 12.5. The summed E-state index contributed by atoms with van der Waals surface area (Å²) in [5, 5.41) is 0.844. The van der Waals surface area contributed by atoms with Crippen molar-refractivity contribution in [2.24, 2.45) is 0 Å². The second-order valence-electron chi connectivity index (χ2n) is 5.79. The lowest BCUT2D eigenvalue weighted by atomic mass is 9.85. The van der Waals surface area contributed by atoms with Crippen molar-refractivity contribution < 1.29 is 4.79 Å². The summed E-state index contributed by atoms with van der Waals surface area (Å²) >= 11 is 11.8. The minimum atomic E-state index is -0.0466. The minimum absolute atomic E-state index is 0.00787. The van der Waals surface area contributed by atoms with Crippen LogP contribution < -0.4 is 0 Å². The van der Waals surface area contributed by atoms with Gasteiger partial charge in [-0.25, -0.2) is 0 Å². The Morgan fingerprint density at radius 1 is 0.900 bits per heavy atom. The highest BCUT2D eigenvalue weighted by molar-refractivity contribution is 6.42. The van der Waals surface area contributed by atoms with Crippen molar-refractivity contribution in [3.63, 3.8) is 0 Å². The lowest BCUT2D eigenvalue weighted by molar-refractivity contribution is 0.103. The highest BCUT2D eigenvalue weighted by Crippen LogP contribution is 2.26. The van der Waals surface area contributed by atoms with Crippen molar-refractivity contribution in [1.82, 2.24) is 0 Å². The number of carbonyl (C=O) groups excluding carboxylic acids is 1. The number of rotatable bonds is 2. The zero-order valence-corrected chi connectivity index (χ0v) is 13.2. The maximum Gasteiger partial charge on any atom is 0.193 e. The molecule has 0 amide bonds. The fourth-order valence-corrected chi connectivity index (χ4v) is 2.23. The van der Waals surface area contributed by atoms with E-state index in [1.807, 2.05) is 24.3 Å². The topological polar surface area (TPSA) is 17.1 Å². The molecule has 0 N–H and O–H groups in total. The van der Waals surface area contributed by atoms with Crippen molar-refractivity contribution in [2.75, 3.05) is 0 Å². The third-order valence-corrected chi connectivity index (χ3v) is 3.91. The maximum atomic E-state index is 12.5. The molecule has 3 heteroatoms. The largest absolute Gasteiger partial charge is 0.289 e. The minimum Gasteiger partial charge on any atom is -0.289 e. The van der Waals surface area contributed by atoms with E-state index in [2.05, 4.69) is 20.8 Å². The Morgan fingerprint density at radius 2 is 1.55 bits per heavy atom. The van der Waals surface area contributed by atoms with E-state index in [1.165, 1.54) is 0 Å². The molecule has 104 valence electrons. The fourth-order valence-electron chi connectivity index (χ4n) is 1.93. The Kier molecular flexibility index (Phi) is 4.22. The Balaban J connectivity index is 2.41. The highest BCUT2D eigenvalue weighted by Gasteiger charge is 2.16. The molecule has 0 bridgehead atoms. The van der Waals surface area contributed by atoms with Crippen LogP contribution in [0.5, 0.6) is 0 Å². The standard InChI is InChI=1S/C17H16Cl2O/c1-17(2,3)13-6-4-5-11(9-13)16(20)12-7-8-14(18)15(19)10-12/h4-10H,1-3H3. The van der Waals surface area contributed by atoms with Gasteiger partial charge in [-0.15, -0.1) is 0 Å². The average molecular weight is 307 g/mol. The van der Waals surface area contributed by atoms with E-state index in [0.29, 0.717) is 21.2 Å². The molecule has 0 spiro atoms. The van der Waals surface area contributed by atoms with Crippen LogP contribution >= 0.6 is 23.2 Å². The Morgan fingerprint density at radius 3 is 2.15 bits per heavy atom. The Bertz CT molecular complexity index is 654. The van der Waals surface area contributed by atoms with E-state index in [1.54, 1.807) is 18.2 Å². The summed E-state index contributed by atoms with van der Waals surface area (Å²) in [5.74, 6) is -0.0466. The second-order valence-corrected chi connectivity index (χ2v) is 6.60. The molecule has 2 rings (SSSR count). The van der Waals surface area contributed by atoms with Crippen LogP contribution in [0.4, 0.5) is 0 Å². The molecule has 0 fully saturated rings. The van der Waals surface area contributed by atoms with Gasteiger partial charge in [0.1, 0.15) is 0 Å². The summed E-state index contributed by atoms with van der Waals surface area (Å²) in [6.07, 6.45) is 0. The zero-order chi connectivity index (χ0) is 14.9. The molecule has 0 aliphatic rings. The van der Waals surface area contributed by atoms with Crippen LogP contribution in [-0.2, 0) is 5.41 Å². The first-order valence-electron chi connectivity index (χ1n) is 6.39. The Labute approximate surface area is 129 Å².